The Morgan fingerprint density at radius 1 is 1.23 bits per heavy atom. The minimum atomic E-state index is -3.50. The smallest absolute Gasteiger partial charge is 0.281 e. The van der Waals surface area contributed by atoms with E-state index in [1.807, 2.05) is 5.38 Å². The summed E-state index contributed by atoms with van der Waals surface area (Å²) >= 11 is 1.41. The van der Waals surface area contributed by atoms with Crippen molar-refractivity contribution in [2.75, 3.05) is 23.4 Å². The predicted molar refractivity (Wildman–Crippen MR) is 152 cm³/mol. The lowest BCUT2D eigenvalue weighted by Crippen LogP contribution is -2.34. The molecule has 3 N–H and O–H groups in total. The Morgan fingerprint density at radius 2 is 2.03 bits per heavy atom. The second kappa shape index (κ2) is 10.5. The molecule has 0 spiro atoms. The maximum absolute atomic E-state index is 13.8. The second-order valence-corrected chi connectivity index (χ2v) is 12.9. The molecule has 0 amide bonds. The molecule has 2 aromatic heterocycles. The number of halogens is 1. The number of aromatic hydroxyl groups is 1. The number of aryl methyl sites for hydroxylation is 1. The lowest BCUT2D eigenvalue weighted by molar-refractivity contribution is 0.463. The summed E-state index contributed by atoms with van der Waals surface area (Å²) in [6.07, 6.45) is 1.05. The van der Waals surface area contributed by atoms with Crippen molar-refractivity contribution in [1.82, 2.24) is 9.78 Å². The van der Waals surface area contributed by atoms with Gasteiger partial charge in [-0.1, -0.05) is 12.1 Å². The highest BCUT2D eigenvalue weighted by atomic mass is 32.2. The van der Waals surface area contributed by atoms with E-state index in [0.717, 1.165) is 6.26 Å². The fourth-order valence-electron chi connectivity index (χ4n) is 4.08. The Labute approximate surface area is 228 Å². The average molecular weight is 588 g/mol. The largest absolute Gasteiger partial charge is 0.505 e. The molecule has 1 unspecified atom stereocenters. The number of hydrogen-bond donors (Lipinski definition) is 3. The number of nitrogens with one attached hydrogen (secondary N) is 2. The van der Waals surface area contributed by atoms with Gasteiger partial charge in [0.2, 0.25) is 10.0 Å². The molecule has 1 aliphatic heterocycles. The maximum Gasteiger partial charge on any atom is 0.281 e. The summed E-state index contributed by atoms with van der Waals surface area (Å²) in [5, 5.41) is 23.0. The topological polar surface area (TPSA) is 135 Å². The Kier molecular flexibility index (Phi) is 7.25. The van der Waals surface area contributed by atoms with Crippen LogP contribution in [0.15, 0.2) is 62.8 Å². The van der Waals surface area contributed by atoms with E-state index in [-0.39, 0.29) is 35.2 Å². The van der Waals surface area contributed by atoms with Crippen molar-refractivity contribution in [3.8, 4) is 17.0 Å². The Balaban J connectivity index is 1.63. The van der Waals surface area contributed by atoms with Gasteiger partial charge < -0.3 is 14.9 Å². The second-order valence-electron chi connectivity index (χ2n) is 8.77. The molecule has 39 heavy (non-hydrogen) atoms. The molecule has 0 saturated carbocycles. The van der Waals surface area contributed by atoms with Crippen LogP contribution in [0.2, 0.25) is 0 Å². The van der Waals surface area contributed by atoms with Crippen LogP contribution in [0.25, 0.3) is 11.3 Å². The molecule has 4 aromatic rings. The standard InChI is InChI=1S/C25H23FN5O5PS2/c1-14-10-15(4-6-18(14)26)12-31-25(33)21(23(32)22(28-31)16-8-9-38-13-16)24-27-19-7-5-17(30-39(3,34)35)11-20(19)37(29-24)36-2/h4-11,13,30,32H,12H2,1-3H3,(H,27,29). The molecule has 0 fully saturated rings. The van der Waals surface area contributed by atoms with E-state index in [0.29, 0.717) is 33.4 Å². The van der Waals surface area contributed by atoms with Crippen LogP contribution in [0, 0.1) is 12.7 Å². The summed E-state index contributed by atoms with van der Waals surface area (Å²) in [6, 6.07) is 11.1. The number of benzene rings is 2. The number of nitrogens with zero attached hydrogens (tertiary/aromatic N) is 3. The monoisotopic (exact) mass is 587 g/mol. The van der Waals surface area contributed by atoms with Gasteiger partial charge in [-0.2, -0.15) is 16.4 Å². The van der Waals surface area contributed by atoms with Crippen molar-refractivity contribution in [3.63, 3.8) is 0 Å². The van der Waals surface area contributed by atoms with E-state index in [1.165, 1.54) is 29.2 Å². The summed E-state index contributed by atoms with van der Waals surface area (Å²) in [4.78, 5) is 13.7. The summed E-state index contributed by atoms with van der Waals surface area (Å²) < 4.78 is 51.1. The van der Waals surface area contributed by atoms with E-state index < -0.39 is 23.9 Å². The minimum absolute atomic E-state index is 0.0355. The van der Waals surface area contributed by atoms with Crippen LogP contribution in [0.5, 0.6) is 5.75 Å². The summed E-state index contributed by atoms with van der Waals surface area (Å²) in [5.41, 5.74) is 2.07. The third-order valence-corrected chi connectivity index (χ3v) is 8.64. The summed E-state index contributed by atoms with van der Waals surface area (Å²) in [6.45, 7) is 1.67. The van der Waals surface area contributed by atoms with Gasteiger partial charge in [-0.3, -0.25) is 9.52 Å². The van der Waals surface area contributed by atoms with Crippen molar-refractivity contribution >= 4 is 52.2 Å². The predicted octanol–water partition coefficient (Wildman–Crippen LogP) is 4.00. The van der Waals surface area contributed by atoms with Crippen LogP contribution in [0.4, 0.5) is 15.8 Å². The molecular weight excluding hydrogens is 564 g/mol. The van der Waals surface area contributed by atoms with Crippen molar-refractivity contribution in [1.29, 1.82) is 0 Å². The van der Waals surface area contributed by atoms with Crippen molar-refractivity contribution in [2.24, 2.45) is 4.76 Å². The zero-order valence-corrected chi connectivity index (χ0v) is 23.5. The van der Waals surface area contributed by atoms with Gasteiger partial charge in [0.15, 0.2) is 14.0 Å². The molecule has 1 aliphatic rings. The summed E-state index contributed by atoms with van der Waals surface area (Å²) in [7, 11) is -3.72. The van der Waals surface area contributed by atoms with E-state index in [2.05, 4.69) is 19.9 Å². The molecule has 5 rings (SSSR count). The van der Waals surface area contributed by atoms with E-state index in [9.17, 15) is 22.7 Å². The molecule has 0 saturated heterocycles. The highest BCUT2D eigenvalue weighted by Gasteiger charge is 2.29. The van der Waals surface area contributed by atoms with E-state index in [1.54, 1.807) is 48.7 Å². The highest BCUT2D eigenvalue weighted by molar-refractivity contribution is 7.92. The number of anilines is 2. The molecule has 1 atom stereocenters. The zero-order chi connectivity index (χ0) is 27.9. The third-order valence-electron chi connectivity index (χ3n) is 5.84. The van der Waals surface area contributed by atoms with Gasteiger partial charge in [0.1, 0.15) is 22.9 Å². The quantitative estimate of drug-likeness (QED) is 0.278. The molecule has 0 bridgehead atoms. The number of aromatic nitrogens is 2. The molecular formula is C25H23FN5O5PS2. The maximum atomic E-state index is 13.8. The first-order chi connectivity index (χ1) is 18.5. The number of rotatable bonds is 7. The van der Waals surface area contributed by atoms with E-state index >= 15 is 0 Å². The fraction of sp³-hybridized carbons (Fsp3) is 0.160. The van der Waals surface area contributed by atoms with Gasteiger partial charge in [0, 0.05) is 23.7 Å². The fourth-order valence-corrected chi connectivity index (χ4v) is 6.58. The lowest BCUT2D eigenvalue weighted by Gasteiger charge is -2.25. The zero-order valence-electron chi connectivity index (χ0n) is 21.0. The molecule has 2 aromatic carbocycles. The number of thiophene rings is 1. The number of sulfonamides is 1. The molecule has 0 aliphatic carbocycles. The number of amidine groups is 1. The van der Waals surface area contributed by atoms with Crippen LogP contribution in [0.1, 0.15) is 16.7 Å². The molecule has 10 nitrogen and oxygen atoms in total. The SMILES string of the molecule is COP1N=C(c2c(O)c(-c3ccsc3)nn(Cc3ccc(F)c(C)c3)c2=O)Nc2ccc(NS(C)(=O)=O)cc21. The third kappa shape index (κ3) is 5.57. The summed E-state index contributed by atoms with van der Waals surface area (Å²) in [5.74, 6) is -0.614. The lowest BCUT2D eigenvalue weighted by atomic mass is 10.1. The normalized spacial score (nSPS) is 14.9. The van der Waals surface area contributed by atoms with Gasteiger partial charge >= 0.3 is 0 Å². The Bertz CT molecular complexity index is 1770. The van der Waals surface area contributed by atoms with Gasteiger partial charge in [0.05, 0.1) is 23.8 Å². The first-order valence-electron chi connectivity index (χ1n) is 11.5. The first-order valence-corrected chi connectivity index (χ1v) is 15.5. The number of fused-ring (bicyclic) bond motifs is 1. The van der Waals surface area contributed by atoms with Crippen molar-refractivity contribution in [2.45, 2.75) is 13.5 Å². The van der Waals surface area contributed by atoms with Crippen molar-refractivity contribution < 1.29 is 22.4 Å². The van der Waals surface area contributed by atoms with Crippen LogP contribution in [-0.2, 0) is 21.1 Å². The Morgan fingerprint density at radius 3 is 2.69 bits per heavy atom. The van der Waals surface area contributed by atoms with Crippen LogP contribution < -0.4 is 20.9 Å². The van der Waals surface area contributed by atoms with Gasteiger partial charge in [-0.15, -0.1) is 0 Å². The van der Waals surface area contributed by atoms with Crippen LogP contribution in [-0.4, -0.2) is 42.5 Å². The van der Waals surface area contributed by atoms with E-state index in [4.69, 9.17) is 4.52 Å². The molecule has 0 radical (unpaired) electrons. The van der Waals surface area contributed by atoms with Gasteiger partial charge in [0.25, 0.3) is 5.56 Å². The number of hydrogen-bond acceptors (Lipinski definition) is 9. The Hall–Kier alpha value is -3.64. The average Bonchev–Trinajstić information content (AvgIpc) is 3.41. The molecule has 14 heteroatoms. The van der Waals surface area contributed by atoms with Crippen molar-refractivity contribution in [3.05, 3.63) is 86.1 Å². The first kappa shape index (κ1) is 26.9. The van der Waals surface area contributed by atoms with Gasteiger partial charge in [-0.25, -0.2) is 22.3 Å². The van der Waals surface area contributed by atoms with Crippen LogP contribution >= 0.6 is 19.6 Å². The van der Waals surface area contributed by atoms with Crippen LogP contribution in [0.3, 0.4) is 0 Å². The minimum Gasteiger partial charge on any atom is -0.505 e. The molecule has 3 heterocycles. The molecule has 202 valence electrons. The highest BCUT2D eigenvalue weighted by Crippen LogP contribution is 2.44. The van der Waals surface area contributed by atoms with Gasteiger partial charge in [-0.05, 0) is 53.8 Å².